The smallest absolute Gasteiger partial charge is 0.348 e. The maximum atomic E-state index is 11.9. The minimum absolute atomic E-state index is 0.166. The Kier molecular flexibility index (Phi) is 5.51. The van der Waals surface area contributed by atoms with Gasteiger partial charge in [-0.25, -0.2) is 9.59 Å². The van der Waals surface area contributed by atoms with E-state index in [2.05, 4.69) is 0 Å². The van der Waals surface area contributed by atoms with Crippen LogP contribution in [0.25, 0.3) is 0 Å². The van der Waals surface area contributed by atoms with Crippen molar-refractivity contribution in [2.45, 2.75) is 10.6 Å². The number of carbonyl (C=O) groups is 2. The zero-order chi connectivity index (χ0) is 17.0. The van der Waals surface area contributed by atoms with Gasteiger partial charge in [0.2, 0.25) is 0 Å². The van der Waals surface area contributed by atoms with Crippen molar-refractivity contribution >= 4 is 40.0 Å². The van der Waals surface area contributed by atoms with Crippen LogP contribution in [0.15, 0.2) is 29.2 Å². The normalized spacial score (nSPS) is 10.3. The molecular formula is C15H15NO5S2. The van der Waals surface area contributed by atoms with E-state index in [0.29, 0.717) is 11.3 Å². The van der Waals surface area contributed by atoms with Gasteiger partial charge in [0.15, 0.2) is 0 Å². The Morgan fingerprint density at radius 2 is 1.78 bits per heavy atom. The first kappa shape index (κ1) is 17.2. The minimum atomic E-state index is -0.588. The number of methoxy groups -OCH3 is 2. The summed E-state index contributed by atoms with van der Waals surface area (Å²) in [6.45, 7) is 0. The fraction of sp³-hybridized carbons (Fsp3) is 0.200. The summed E-state index contributed by atoms with van der Waals surface area (Å²) >= 11 is 2.41. The lowest BCUT2D eigenvalue weighted by Gasteiger charge is -2.06. The summed E-state index contributed by atoms with van der Waals surface area (Å²) in [6, 6.07) is 6.61. The number of nitrogen functional groups attached to an aromatic ring is 1. The molecule has 0 amide bonds. The number of hydrogen-bond donors (Lipinski definition) is 2. The number of thiophene rings is 1. The minimum Gasteiger partial charge on any atom is -0.508 e. The van der Waals surface area contributed by atoms with Crippen molar-refractivity contribution in [2.24, 2.45) is 0 Å². The zero-order valence-electron chi connectivity index (χ0n) is 12.5. The van der Waals surface area contributed by atoms with Crippen molar-refractivity contribution in [1.29, 1.82) is 0 Å². The maximum Gasteiger partial charge on any atom is 0.348 e. The molecule has 122 valence electrons. The van der Waals surface area contributed by atoms with Crippen molar-refractivity contribution in [3.63, 3.8) is 0 Å². The highest BCUT2D eigenvalue weighted by atomic mass is 32.2. The van der Waals surface area contributed by atoms with Gasteiger partial charge in [0.25, 0.3) is 0 Å². The number of benzene rings is 1. The zero-order valence-corrected chi connectivity index (χ0v) is 14.1. The number of carbonyl (C=O) groups excluding carboxylic acids is 2. The molecule has 0 aliphatic carbocycles. The summed E-state index contributed by atoms with van der Waals surface area (Å²) in [6.07, 6.45) is 0. The predicted octanol–water partition coefficient (Wildman–Crippen LogP) is 2.90. The third-order valence-electron chi connectivity index (χ3n) is 3.01. The summed E-state index contributed by atoms with van der Waals surface area (Å²) in [7, 11) is 2.53. The highest BCUT2D eigenvalue weighted by molar-refractivity contribution is 7.98. The monoisotopic (exact) mass is 353 g/mol. The molecule has 0 saturated carbocycles. The van der Waals surface area contributed by atoms with E-state index in [4.69, 9.17) is 15.2 Å². The number of thioether (sulfide) groups is 1. The lowest BCUT2D eigenvalue weighted by Crippen LogP contribution is -2.08. The van der Waals surface area contributed by atoms with Gasteiger partial charge in [0.1, 0.15) is 15.6 Å². The molecule has 0 aliphatic rings. The van der Waals surface area contributed by atoms with E-state index in [1.807, 2.05) is 0 Å². The molecule has 0 spiro atoms. The van der Waals surface area contributed by atoms with Crippen LogP contribution in [0.3, 0.4) is 0 Å². The topological polar surface area (TPSA) is 98.9 Å². The van der Waals surface area contributed by atoms with E-state index in [9.17, 15) is 14.7 Å². The van der Waals surface area contributed by atoms with Gasteiger partial charge in [-0.05, 0) is 24.3 Å². The van der Waals surface area contributed by atoms with Crippen molar-refractivity contribution in [1.82, 2.24) is 0 Å². The van der Waals surface area contributed by atoms with Gasteiger partial charge in [-0.3, -0.25) is 0 Å². The van der Waals surface area contributed by atoms with Gasteiger partial charge in [-0.2, -0.15) is 0 Å². The molecule has 0 fully saturated rings. The number of anilines is 1. The fourth-order valence-electron chi connectivity index (χ4n) is 1.90. The molecule has 2 rings (SSSR count). The second kappa shape index (κ2) is 7.38. The maximum absolute atomic E-state index is 11.9. The highest BCUT2D eigenvalue weighted by Gasteiger charge is 2.27. The lowest BCUT2D eigenvalue weighted by atomic mass is 10.1. The summed E-state index contributed by atoms with van der Waals surface area (Å²) in [4.78, 5) is 25.0. The molecule has 1 aromatic carbocycles. The lowest BCUT2D eigenvalue weighted by molar-refractivity contribution is 0.0601. The Bertz CT molecular complexity index is 724. The Morgan fingerprint density at radius 1 is 1.17 bits per heavy atom. The number of esters is 2. The number of ether oxygens (including phenoxy) is 2. The second-order valence-electron chi connectivity index (χ2n) is 4.41. The SMILES string of the molecule is COC(=O)c1sc(N)c(C(=O)OC)c1CSc1ccc(O)cc1. The average molecular weight is 353 g/mol. The second-order valence-corrected chi connectivity index (χ2v) is 6.52. The van der Waals surface area contributed by atoms with Crippen molar-refractivity contribution in [3.8, 4) is 5.75 Å². The van der Waals surface area contributed by atoms with Crippen LogP contribution < -0.4 is 5.73 Å². The van der Waals surface area contributed by atoms with Gasteiger partial charge in [0.05, 0.1) is 19.8 Å². The number of phenolic OH excluding ortho intramolecular Hbond substituents is 1. The van der Waals surface area contributed by atoms with Crippen LogP contribution in [-0.4, -0.2) is 31.3 Å². The molecule has 2 aromatic rings. The summed E-state index contributed by atoms with van der Waals surface area (Å²) < 4.78 is 9.49. The molecule has 1 aromatic heterocycles. The van der Waals surface area contributed by atoms with Crippen LogP contribution in [0, 0.1) is 0 Å². The predicted molar refractivity (Wildman–Crippen MR) is 89.1 cm³/mol. The van der Waals surface area contributed by atoms with Crippen LogP contribution in [0.2, 0.25) is 0 Å². The fourth-order valence-corrected chi connectivity index (χ4v) is 3.92. The molecular weight excluding hydrogens is 338 g/mol. The molecule has 0 atom stereocenters. The van der Waals surface area contributed by atoms with Crippen molar-refractivity contribution in [3.05, 3.63) is 40.3 Å². The van der Waals surface area contributed by atoms with Gasteiger partial charge < -0.3 is 20.3 Å². The van der Waals surface area contributed by atoms with Crippen LogP contribution in [0.4, 0.5) is 5.00 Å². The summed E-state index contributed by atoms with van der Waals surface area (Å²) in [5.41, 5.74) is 6.56. The molecule has 0 unspecified atom stereocenters. The van der Waals surface area contributed by atoms with E-state index in [1.165, 1.54) is 26.0 Å². The van der Waals surface area contributed by atoms with Crippen molar-refractivity contribution < 1.29 is 24.2 Å². The van der Waals surface area contributed by atoms with E-state index in [0.717, 1.165) is 16.2 Å². The first-order chi connectivity index (χ1) is 11.0. The number of phenols is 1. The first-order valence-electron chi connectivity index (χ1n) is 6.47. The molecule has 23 heavy (non-hydrogen) atoms. The third-order valence-corrected chi connectivity index (χ3v) is 5.09. The van der Waals surface area contributed by atoms with E-state index < -0.39 is 11.9 Å². The van der Waals surface area contributed by atoms with E-state index >= 15 is 0 Å². The van der Waals surface area contributed by atoms with Gasteiger partial charge in [-0.15, -0.1) is 23.1 Å². The van der Waals surface area contributed by atoms with E-state index in [1.54, 1.807) is 24.3 Å². The van der Waals surface area contributed by atoms with Crippen molar-refractivity contribution in [2.75, 3.05) is 20.0 Å². The highest BCUT2D eigenvalue weighted by Crippen LogP contribution is 2.36. The van der Waals surface area contributed by atoms with E-state index in [-0.39, 0.29) is 21.2 Å². The molecule has 3 N–H and O–H groups in total. The third kappa shape index (κ3) is 3.77. The Labute approximate surface area is 141 Å². The molecule has 0 bridgehead atoms. The standard InChI is InChI=1S/C15H15NO5S2/c1-20-14(18)11-10(12(15(19)21-2)23-13(11)16)7-22-9-5-3-8(17)4-6-9/h3-6,17H,7,16H2,1-2H3. The van der Waals surface area contributed by atoms with Crippen LogP contribution >= 0.6 is 23.1 Å². The average Bonchev–Trinajstić information content (AvgIpc) is 2.89. The Balaban J connectivity index is 2.35. The number of rotatable bonds is 5. The van der Waals surface area contributed by atoms with Crippen LogP contribution in [0.5, 0.6) is 5.75 Å². The Morgan fingerprint density at radius 3 is 2.35 bits per heavy atom. The van der Waals surface area contributed by atoms with Gasteiger partial charge in [0, 0.05) is 16.2 Å². The molecule has 0 radical (unpaired) electrons. The molecule has 0 aliphatic heterocycles. The molecule has 1 heterocycles. The largest absolute Gasteiger partial charge is 0.508 e. The molecule has 0 saturated heterocycles. The summed E-state index contributed by atoms with van der Waals surface area (Å²) in [5, 5.41) is 9.52. The summed E-state index contributed by atoms with van der Waals surface area (Å²) in [5.74, 6) is -0.624. The first-order valence-corrected chi connectivity index (χ1v) is 8.27. The van der Waals surface area contributed by atoms with Crippen LogP contribution in [0.1, 0.15) is 25.6 Å². The molecule has 8 heteroatoms. The molecule has 6 nitrogen and oxygen atoms in total. The number of hydrogen-bond acceptors (Lipinski definition) is 8. The van der Waals surface area contributed by atoms with Gasteiger partial charge in [-0.1, -0.05) is 0 Å². The van der Waals surface area contributed by atoms with Crippen LogP contribution in [-0.2, 0) is 15.2 Å². The Hall–Kier alpha value is -2.19. The number of nitrogens with two attached hydrogens (primary N) is 1. The number of aromatic hydroxyl groups is 1. The quantitative estimate of drug-likeness (QED) is 0.630. The van der Waals surface area contributed by atoms with Gasteiger partial charge >= 0.3 is 11.9 Å².